The predicted octanol–water partition coefficient (Wildman–Crippen LogP) is 4.77. The van der Waals surface area contributed by atoms with Crippen LogP contribution in [-0.2, 0) is 0 Å². The van der Waals surface area contributed by atoms with Crippen molar-refractivity contribution in [3.05, 3.63) is 55.8 Å². The molecule has 1 aromatic carbocycles. The van der Waals surface area contributed by atoms with Crippen molar-refractivity contribution in [1.82, 2.24) is 5.32 Å². The zero-order valence-electron chi connectivity index (χ0n) is 9.01. The monoisotopic (exact) mass is 377 g/mol. The highest BCUT2D eigenvalue weighted by atomic mass is 79.9. The second kappa shape index (κ2) is 5.57. The molecule has 1 atom stereocenters. The molecule has 0 bridgehead atoms. The Labute approximate surface area is 122 Å². The van der Waals surface area contributed by atoms with Gasteiger partial charge in [-0.25, -0.2) is 0 Å². The van der Waals surface area contributed by atoms with E-state index in [0.29, 0.717) is 5.02 Å². The molecule has 1 aromatic heterocycles. The van der Waals surface area contributed by atoms with Gasteiger partial charge < -0.3 is 9.73 Å². The van der Waals surface area contributed by atoms with Gasteiger partial charge in [0, 0.05) is 9.50 Å². The SMILES string of the molecule is CNC(c1ccc(Br)cc1Cl)c1occc1Br. The van der Waals surface area contributed by atoms with E-state index >= 15 is 0 Å². The van der Waals surface area contributed by atoms with Crippen LogP contribution in [0, 0.1) is 0 Å². The van der Waals surface area contributed by atoms with E-state index in [4.69, 9.17) is 16.0 Å². The van der Waals surface area contributed by atoms with Crippen LogP contribution in [0.5, 0.6) is 0 Å². The van der Waals surface area contributed by atoms with E-state index in [0.717, 1.165) is 20.3 Å². The molecule has 0 fully saturated rings. The second-order valence-corrected chi connectivity index (χ2v) is 5.70. The molecule has 2 nitrogen and oxygen atoms in total. The smallest absolute Gasteiger partial charge is 0.139 e. The third-order valence-corrected chi connectivity index (χ3v) is 3.94. The first kappa shape index (κ1) is 13.1. The standard InChI is InChI=1S/C12H10Br2ClNO/c1-16-11(12-9(14)4-5-17-12)8-3-2-7(13)6-10(8)15/h2-6,11,16H,1H3. The van der Waals surface area contributed by atoms with Gasteiger partial charge >= 0.3 is 0 Å². The highest BCUT2D eigenvalue weighted by Gasteiger charge is 2.20. The van der Waals surface area contributed by atoms with Crippen LogP contribution in [0.15, 0.2) is 43.9 Å². The molecule has 90 valence electrons. The van der Waals surface area contributed by atoms with Crippen molar-refractivity contribution in [3.63, 3.8) is 0 Å². The van der Waals surface area contributed by atoms with Crippen molar-refractivity contribution in [2.75, 3.05) is 7.05 Å². The Bertz CT molecular complexity index is 527. The van der Waals surface area contributed by atoms with Crippen LogP contribution in [0.1, 0.15) is 17.4 Å². The van der Waals surface area contributed by atoms with E-state index < -0.39 is 0 Å². The first-order valence-electron chi connectivity index (χ1n) is 4.98. The van der Waals surface area contributed by atoms with Gasteiger partial charge in [-0.15, -0.1) is 0 Å². The van der Waals surface area contributed by atoms with Crippen molar-refractivity contribution < 1.29 is 4.42 Å². The zero-order valence-corrected chi connectivity index (χ0v) is 12.9. The Morgan fingerprint density at radius 2 is 2.06 bits per heavy atom. The van der Waals surface area contributed by atoms with Crippen molar-refractivity contribution in [3.8, 4) is 0 Å². The maximum absolute atomic E-state index is 6.25. The van der Waals surface area contributed by atoms with Crippen LogP contribution in [0.25, 0.3) is 0 Å². The summed E-state index contributed by atoms with van der Waals surface area (Å²) in [4.78, 5) is 0. The number of halogens is 3. The lowest BCUT2D eigenvalue weighted by molar-refractivity contribution is 0.461. The Morgan fingerprint density at radius 3 is 2.59 bits per heavy atom. The van der Waals surface area contributed by atoms with Gasteiger partial charge in [-0.05, 0) is 46.7 Å². The Morgan fingerprint density at radius 1 is 1.29 bits per heavy atom. The lowest BCUT2D eigenvalue weighted by Crippen LogP contribution is -2.17. The molecule has 17 heavy (non-hydrogen) atoms. The number of rotatable bonds is 3. The fraction of sp³-hybridized carbons (Fsp3) is 0.167. The summed E-state index contributed by atoms with van der Waals surface area (Å²) < 4.78 is 7.36. The van der Waals surface area contributed by atoms with Crippen LogP contribution < -0.4 is 5.32 Å². The Balaban J connectivity index is 2.46. The first-order chi connectivity index (χ1) is 8.13. The molecule has 1 unspecified atom stereocenters. The number of hydrogen-bond acceptors (Lipinski definition) is 2. The Hall–Kier alpha value is -0.290. The minimum Gasteiger partial charge on any atom is -0.466 e. The van der Waals surface area contributed by atoms with Gasteiger partial charge in [-0.1, -0.05) is 33.6 Å². The summed E-state index contributed by atoms with van der Waals surface area (Å²) >= 11 is 13.1. The number of furan rings is 1. The van der Waals surface area contributed by atoms with Gasteiger partial charge in [0.1, 0.15) is 5.76 Å². The normalized spacial score (nSPS) is 12.7. The number of benzene rings is 1. The predicted molar refractivity (Wildman–Crippen MR) is 76.5 cm³/mol. The summed E-state index contributed by atoms with van der Waals surface area (Å²) in [6.45, 7) is 0. The fourth-order valence-electron chi connectivity index (χ4n) is 1.67. The molecule has 0 aliphatic rings. The second-order valence-electron chi connectivity index (χ2n) is 3.52. The van der Waals surface area contributed by atoms with E-state index in [-0.39, 0.29) is 6.04 Å². The molecule has 1 heterocycles. The van der Waals surface area contributed by atoms with E-state index in [1.165, 1.54) is 0 Å². The van der Waals surface area contributed by atoms with Crippen LogP contribution in [-0.4, -0.2) is 7.05 Å². The Kier molecular flexibility index (Phi) is 4.31. The summed E-state index contributed by atoms with van der Waals surface area (Å²) in [6.07, 6.45) is 1.65. The quantitative estimate of drug-likeness (QED) is 0.831. The highest BCUT2D eigenvalue weighted by molar-refractivity contribution is 9.10. The molecule has 0 aliphatic heterocycles. The summed E-state index contributed by atoms with van der Waals surface area (Å²) in [7, 11) is 1.87. The van der Waals surface area contributed by atoms with Crippen LogP contribution >= 0.6 is 43.5 Å². The van der Waals surface area contributed by atoms with Gasteiger partial charge in [-0.3, -0.25) is 0 Å². The molecule has 2 aromatic rings. The van der Waals surface area contributed by atoms with E-state index in [2.05, 4.69) is 37.2 Å². The van der Waals surface area contributed by atoms with Crippen molar-refractivity contribution in [2.45, 2.75) is 6.04 Å². The van der Waals surface area contributed by atoms with Crippen molar-refractivity contribution in [1.29, 1.82) is 0 Å². The van der Waals surface area contributed by atoms with E-state index in [1.807, 2.05) is 31.3 Å². The third kappa shape index (κ3) is 2.76. The number of hydrogen-bond donors (Lipinski definition) is 1. The zero-order chi connectivity index (χ0) is 12.4. The molecule has 0 saturated heterocycles. The molecule has 1 N–H and O–H groups in total. The lowest BCUT2D eigenvalue weighted by Gasteiger charge is -2.16. The average molecular weight is 379 g/mol. The molecule has 5 heteroatoms. The summed E-state index contributed by atoms with van der Waals surface area (Å²) in [5.41, 5.74) is 0.980. The third-order valence-electron chi connectivity index (χ3n) is 2.47. The molecule has 0 aliphatic carbocycles. The number of nitrogens with one attached hydrogen (secondary N) is 1. The average Bonchev–Trinajstić information content (AvgIpc) is 2.69. The first-order valence-corrected chi connectivity index (χ1v) is 6.95. The van der Waals surface area contributed by atoms with Gasteiger partial charge in [0.05, 0.1) is 16.8 Å². The van der Waals surface area contributed by atoms with Gasteiger partial charge in [0.25, 0.3) is 0 Å². The molecule has 0 radical (unpaired) electrons. The summed E-state index contributed by atoms with van der Waals surface area (Å²) in [5.74, 6) is 0.816. The molecule has 0 saturated carbocycles. The largest absolute Gasteiger partial charge is 0.466 e. The topological polar surface area (TPSA) is 25.2 Å². The van der Waals surface area contributed by atoms with Gasteiger partial charge in [-0.2, -0.15) is 0 Å². The fourth-order valence-corrected chi connectivity index (χ4v) is 2.89. The molecule has 0 amide bonds. The van der Waals surface area contributed by atoms with Crippen molar-refractivity contribution in [2.24, 2.45) is 0 Å². The maximum atomic E-state index is 6.25. The minimum atomic E-state index is -0.0695. The van der Waals surface area contributed by atoms with Gasteiger partial charge in [0.2, 0.25) is 0 Å². The molecule has 2 rings (SSSR count). The van der Waals surface area contributed by atoms with E-state index in [9.17, 15) is 0 Å². The van der Waals surface area contributed by atoms with Gasteiger partial charge in [0.15, 0.2) is 0 Å². The van der Waals surface area contributed by atoms with Crippen LogP contribution in [0.3, 0.4) is 0 Å². The summed E-state index contributed by atoms with van der Waals surface area (Å²) in [5, 5.41) is 3.89. The maximum Gasteiger partial charge on any atom is 0.139 e. The van der Waals surface area contributed by atoms with E-state index in [1.54, 1.807) is 6.26 Å². The van der Waals surface area contributed by atoms with Crippen LogP contribution in [0.4, 0.5) is 0 Å². The summed E-state index contributed by atoms with van der Waals surface area (Å²) in [6, 6.07) is 7.61. The molecule has 0 spiro atoms. The minimum absolute atomic E-state index is 0.0695. The lowest BCUT2D eigenvalue weighted by atomic mass is 10.0. The van der Waals surface area contributed by atoms with Crippen LogP contribution in [0.2, 0.25) is 5.02 Å². The molecular weight excluding hydrogens is 369 g/mol. The van der Waals surface area contributed by atoms with Crippen molar-refractivity contribution >= 4 is 43.5 Å². The molecular formula is C12H10Br2ClNO. The highest BCUT2D eigenvalue weighted by Crippen LogP contribution is 2.34.